The van der Waals surface area contributed by atoms with E-state index < -0.39 is 11.8 Å². The molecule has 1 aromatic carbocycles. The van der Waals surface area contributed by atoms with Gasteiger partial charge in [-0.15, -0.1) is 17.8 Å². The van der Waals surface area contributed by atoms with Gasteiger partial charge in [0.15, 0.2) is 11.6 Å². The smallest absolute Gasteiger partial charge is 0.327 e. The Morgan fingerprint density at radius 1 is 1.31 bits per heavy atom. The summed E-state index contributed by atoms with van der Waals surface area (Å²) in [4.78, 5) is 32.1. The van der Waals surface area contributed by atoms with Gasteiger partial charge in [-0.25, -0.2) is 9.18 Å². The van der Waals surface area contributed by atoms with Gasteiger partial charge in [-0.1, -0.05) is 5.92 Å². The summed E-state index contributed by atoms with van der Waals surface area (Å²) in [5.41, 5.74) is 1.55. The van der Waals surface area contributed by atoms with Crippen molar-refractivity contribution in [3.63, 3.8) is 0 Å². The number of ether oxygens (including phenoxy) is 2. The van der Waals surface area contributed by atoms with Gasteiger partial charge in [-0.3, -0.25) is 14.3 Å². The summed E-state index contributed by atoms with van der Waals surface area (Å²) in [5.74, 6) is 2.05. The van der Waals surface area contributed by atoms with Crippen LogP contribution < -0.4 is 10.1 Å². The number of nitrogens with zero attached hydrogens (tertiary/aromatic N) is 3. The van der Waals surface area contributed by atoms with Crippen molar-refractivity contribution in [2.75, 3.05) is 26.7 Å². The Bertz CT molecular complexity index is 1540. The lowest BCUT2D eigenvalue weighted by atomic mass is 10.2. The molecule has 1 fully saturated rings. The van der Waals surface area contributed by atoms with E-state index in [1.807, 2.05) is 0 Å². The molecule has 8 nitrogen and oxygen atoms in total. The maximum absolute atomic E-state index is 15.5. The van der Waals surface area contributed by atoms with Crippen LogP contribution in [0.5, 0.6) is 11.5 Å². The van der Waals surface area contributed by atoms with Gasteiger partial charge in [0.1, 0.15) is 5.75 Å². The monoisotopic (exact) mass is 506 g/mol. The number of rotatable bonds is 5. The van der Waals surface area contributed by atoms with Gasteiger partial charge in [0.25, 0.3) is 5.91 Å². The number of amides is 2. The molecule has 0 radical (unpaired) electrons. The lowest BCUT2D eigenvalue weighted by Gasteiger charge is -2.14. The number of nitrogens with one attached hydrogen (secondary N) is 1. The van der Waals surface area contributed by atoms with Crippen molar-refractivity contribution in [2.45, 2.75) is 19.4 Å². The zero-order valence-corrected chi connectivity index (χ0v) is 20.5. The standard InChI is InChI=1S/C26H23FN4O4S/c1-4-9-29-26(33)31-15(2)12-17-19(31)5-6-20(23(17)27)35-21-7-10-28-18-13-22(36-24(18)21)25(32)30-11-8-16(14-30)34-3/h1,5-7,10,12-13,16H,8-9,11,14H2,2-3H3,(H,29,33)/t16-/m0/s1. The molecule has 0 spiro atoms. The first-order valence-corrected chi connectivity index (χ1v) is 12.1. The summed E-state index contributed by atoms with van der Waals surface area (Å²) >= 11 is 1.26. The van der Waals surface area contributed by atoms with E-state index in [1.165, 1.54) is 22.0 Å². The number of aryl methyl sites for hydroxylation is 1. The molecule has 0 bridgehead atoms. The summed E-state index contributed by atoms with van der Waals surface area (Å²) < 4.78 is 28.8. The van der Waals surface area contributed by atoms with E-state index in [-0.39, 0.29) is 29.7 Å². The molecule has 10 heteroatoms. The number of methoxy groups -OCH3 is 1. The first kappa shape index (κ1) is 23.8. The van der Waals surface area contributed by atoms with Crippen LogP contribution >= 0.6 is 11.3 Å². The summed E-state index contributed by atoms with van der Waals surface area (Å²) in [6.45, 7) is 2.95. The van der Waals surface area contributed by atoms with Crippen molar-refractivity contribution in [2.24, 2.45) is 0 Å². The number of likely N-dealkylation sites (tertiary alicyclic amines) is 1. The molecule has 5 rings (SSSR count). The Balaban J connectivity index is 1.45. The van der Waals surface area contributed by atoms with Crippen LogP contribution in [0.25, 0.3) is 21.1 Å². The highest BCUT2D eigenvalue weighted by Gasteiger charge is 2.28. The van der Waals surface area contributed by atoms with Crippen LogP contribution in [0.4, 0.5) is 9.18 Å². The largest absolute Gasteiger partial charge is 0.453 e. The zero-order chi connectivity index (χ0) is 25.4. The number of pyridine rings is 1. The quantitative estimate of drug-likeness (QED) is 0.402. The molecule has 0 unspecified atom stereocenters. The molecule has 0 aliphatic carbocycles. The topological polar surface area (TPSA) is 85.7 Å². The van der Waals surface area contributed by atoms with Crippen molar-refractivity contribution < 1.29 is 23.5 Å². The average molecular weight is 507 g/mol. The Labute approximate surface area is 210 Å². The number of hydrogen-bond donors (Lipinski definition) is 1. The molecule has 3 aromatic heterocycles. The fourth-order valence-corrected chi connectivity index (χ4v) is 5.43. The van der Waals surface area contributed by atoms with Crippen molar-refractivity contribution in [3.05, 3.63) is 52.9 Å². The minimum atomic E-state index is -0.598. The van der Waals surface area contributed by atoms with E-state index in [9.17, 15) is 9.59 Å². The maximum Gasteiger partial charge on any atom is 0.327 e. The predicted octanol–water partition coefficient (Wildman–Crippen LogP) is 4.54. The van der Waals surface area contributed by atoms with Gasteiger partial charge in [-0.2, -0.15) is 0 Å². The fourth-order valence-electron chi connectivity index (χ4n) is 4.39. The minimum Gasteiger partial charge on any atom is -0.453 e. The van der Waals surface area contributed by atoms with Gasteiger partial charge >= 0.3 is 6.03 Å². The van der Waals surface area contributed by atoms with Crippen LogP contribution in [0, 0.1) is 25.1 Å². The minimum absolute atomic E-state index is 0.0000566. The number of halogens is 1. The lowest BCUT2D eigenvalue weighted by Crippen LogP contribution is -2.29. The molecule has 184 valence electrons. The SMILES string of the molecule is C#CCNC(=O)n1c(C)cc2c(F)c(Oc3ccnc4cc(C(=O)N5CC[C@H](OC)C5)sc34)ccc21. The first-order chi connectivity index (χ1) is 17.4. The first-order valence-electron chi connectivity index (χ1n) is 11.3. The predicted molar refractivity (Wildman–Crippen MR) is 135 cm³/mol. The summed E-state index contributed by atoms with van der Waals surface area (Å²) in [6.07, 6.45) is 7.62. The Kier molecular flexibility index (Phi) is 6.35. The molecule has 4 aromatic rings. The second-order valence-electron chi connectivity index (χ2n) is 8.43. The zero-order valence-electron chi connectivity index (χ0n) is 19.7. The Hall–Kier alpha value is -3.94. The van der Waals surface area contributed by atoms with Crippen LogP contribution in [0.3, 0.4) is 0 Å². The lowest BCUT2D eigenvalue weighted by molar-refractivity contribution is 0.0728. The van der Waals surface area contributed by atoms with Crippen LogP contribution in [-0.2, 0) is 4.74 Å². The van der Waals surface area contributed by atoms with E-state index in [4.69, 9.17) is 15.9 Å². The van der Waals surface area contributed by atoms with E-state index in [1.54, 1.807) is 49.4 Å². The number of aromatic nitrogens is 2. The third kappa shape index (κ3) is 4.17. The molecule has 0 saturated carbocycles. The number of carbonyl (C=O) groups is 2. The molecular weight excluding hydrogens is 483 g/mol. The van der Waals surface area contributed by atoms with E-state index in [2.05, 4.69) is 16.2 Å². The second-order valence-corrected chi connectivity index (χ2v) is 9.48. The van der Waals surface area contributed by atoms with Crippen LogP contribution in [0.1, 0.15) is 21.8 Å². The number of thiophene rings is 1. The van der Waals surface area contributed by atoms with Gasteiger partial charge in [0, 0.05) is 43.5 Å². The fraction of sp³-hybridized carbons (Fsp3) is 0.269. The number of terminal acetylenes is 1. The number of fused-ring (bicyclic) bond motifs is 2. The highest BCUT2D eigenvalue weighted by atomic mass is 32.1. The maximum atomic E-state index is 15.5. The normalized spacial score (nSPS) is 15.4. The molecule has 2 amide bonds. The number of carbonyl (C=O) groups excluding carboxylic acids is 2. The molecule has 1 saturated heterocycles. The third-order valence-corrected chi connectivity index (χ3v) is 7.31. The van der Waals surface area contributed by atoms with Gasteiger partial charge in [0.2, 0.25) is 0 Å². The average Bonchev–Trinajstić information content (AvgIpc) is 3.61. The van der Waals surface area contributed by atoms with Gasteiger partial charge in [0.05, 0.1) is 33.3 Å². The van der Waals surface area contributed by atoms with Gasteiger partial charge in [-0.05, 0) is 37.6 Å². The molecular formula is C26H23FN4O4S. The highest BCUT2D eigenvalue weighted by molar-refractivity contribution is 7.21. The van der Waals surface area contributed by atoms with Gasteiger partial charge < -0.3 is 19.7 Å². The summed E-state index contributed by atoms with van der Waals surface area (Å²) in [5, 5.41) is 2.84. The highest BCUT2D eigenvalue weighted by Crippen LogP contribution is 2.38. The summed E-state index contributed by atoms with van der Waals surface area (Å²) in [6, 6.07) is 7.61. The third-order valence-electron chi connectivity index (χ3n) is 6.18. The number of hydrogen-bond acceptors (Lipinski definition) is 6. The van der Waals surface area contributed by atoms with Crippen LogP contribution in [0.15, 0.2) is 36.5 Å². The molecule has 1 atom stereocenters. The molecule has 1 N–H and O–H groups in total. The van der Waals surface area contributed by atoms with E-state index in [0.29, 0.717) is 45.1 Å². The van der Waals surface area contributed by atoms with Crippen molar-refractivity contribution in [1.82, 2.24) is 19.8 Å². The van der Waals surface area contributed by atoms with Crippen LogP contribution in [-0.4, -0.2) is 59.2 Å². The second kappa shape index (κ2) is 9.60. The molecule has 1 aliphatic rings. The van der Waals surface area contributed by atoms with Crippen molar-refractivity contribution in [3.8, 4) is 23.8 Å². The van der Waals surface area contributed by atoms with E-state index in [0.717, 1.165) is 6.42 Å². The van der Waals surface area contributed by atoms with Crippen molar-refractivity contribution in [1.29, 1.82) is 0 Å². The molecule has 36 heavy (non-hydrogen) atoms. The summed E-state index contributed by atoms with van der Waals surface area (Å²) in [7, 11) is 1.65. The molecule has 1 aliphatic heterocycles. The Morgan fingerprint density at radius 3 is 2.89 bits per heavy atom. The van der Waals surface area contributed by atoms with E-state index >= 15 is 4.39 Å². The number of benzene rings is 1. The Morgan fingerprint density at radius 2 is 2.14 bits per heavy atom. The van der Waals surface area contributed by atoms with Crippen molar-refractivity contribution >= 4 is 44.4 Å². The van der Waals surface area contributed by atoms with Crippen LogP contribution in [0.2, 0.25) is 0 Å². The molecule has 4 heterocycles.